The maximum Gasteiger partial charge on any atom is 0.257 e. The number of carbonyl (C=O) groups excluding carboxylic acids is 2. The first-order valence-electron chi connectivity index (χ1n) is 10.3. The van der Waals surface area contributed by atoms with Crippen LogP contribution in [-0.4, -0.2) is 82.3 Å². The number of carbonyl (C=O) groups is 2. The number of nitrogens with one attached hydrogen (secondary N) is 1. The Labute approximate surface area is 184 Å². The number of sulfonamides is 1. The molecule has 0 aliphatic carbocycles. The van der Waals surface area contributed by atoms with E-state index in [2.05, 4.69) is 4.72 Å². The molecule has 0 aromatic heterocycles. The first kappa shape index (κ1) is 24.9. The third-order valence-corrected chi connectivity index (χ3v) is 5.98. The van der Waals surface area contributed by atoms with Crippen molar-refractivity contribution in [2.45, 2.75) is 39.3 Å². The van der Waals surface area contributed by atoms with Crippen LogP contribution in [0.5, 0.6) is 5.75 Å². The van der Waals surface area contributed by atoms with E-state index in [1.807, 2.05) is 20.8 Å². The monoisotopic (exact) mass is 455 g/mol. The molecule has 0 bridgehead atoms. The molecule has 0 fully saturated rings. The summed E-state index contributed by atoms with van der Waals surface area (Å²) in [5.74, 6) is 0.0212. The summed E-state index contributed by atoms with van der Waals surface area (Å²) in [6, 6.07) is 4.35. The molecule has 10 heteroatoms. The molecule has 3 atom stereocenters. The molecule has 0 saturated carbocycles. The van der Waals surface area contributed by atoms with Gasteiger partial charge in [0.15, 0.2) is 0 Å². The summed E-state index contributed by atoms with van der Waals surface area (Å²) in [6.07, 6.45) is 1.14. The van der Waals surface area contributed by atoms with Crippen LogP contribution in [0.2, 0.25) is 0 Å². The normalized spacial score (nSPS) is 23.3. The quantitative estimate of drug-likeness (QED) is 0.742. The molecule has 0 saturated heterocycles. The highest BCUT2D eigenvalue weighted by Crippen LogP contribution is 2.27. The van der Waals surface area contributed by atoms with Gasteiger partial charge >= 0.3 is 0 Å². The van der Waals surface area contributed by atoms with E-state index in [1.165, 1.54) is 11.0 Å². The third kappa shape index (κ3) is 6.57. The van der Waals surface area contributed by atoms with E-state index in [-0.39, 0.29) is 47.7 Å². The Kier molecular flexibility index (Phi) is 8.30. The summed E-state index contributed by atoms with van der Waals surface area (Å²) in [5.41, 5.74) is 0.506. The van der Waals surface area contributed by atoms with Crippen molar-refractivity contribution in [1.29, 1.82) is 0 Å². The molecule has 2 amide bonds. The molecule has 2 rings (SSSR count). The number of hydrogen-bond donors (Lipinski definition) is 1. The van der Waals surface area contributed by atoms with E-state index in [1.54, 1.807) is 31.2 Å². The number of amides is 2. The van der Waals surface area contributed by atoms with Crippen LogP contribution in [0.1, 0.15) is 37.6 Å². The number of benzene rings is 1. The maximum absolute atomic E-state index is 13.2. The van der Waals surface area contributed by atoms with Gasteiger partial charge in [-0.2, -0.15) is 0 Å². The standard InChI is InChI=1S/C21H33N3O6S/c1-7-20(25)24-11-14(2)19(29-5)12-23(4)21(26)17-10-16(22-31(6,27)28)8-9-18(17)30-13-15(24)3/h8-10,14-15,19,22H,7,11-13H2,1-6H3/t14-,15-,19-/m1/s1. The summed E-state index contributed by atoms with van der Waals surface area (Å²) < 4.78 is 37.2. The van der Waals surface area contributed by atoms with Gasteiger partial charge in [-0.1, -0.05) is 13.8 Å². The fraction of sp³-hybridized carbons (Fsp3) is 0.619. The van der Waals surface area contributed by atoms with Crippen LogP contribution in [-0.2, 0) is 19.6 Å². The minimum atomic E-state index is -3.50. The number of nitrogens with zero attached hydrogens (tertiary/aromatic N) is 2. The second-order valence-corrected chi connectivity index (χ2v) is 9.83. The number of ether oxygens (including phenoxy) is 2. The zero-order valence-corrected chi connectivity index (χ0v) is 19.9. The molecule has 0 unspecified atom stereocenters. The number of rotatable bonds is 4. The van der Waals surface area contributed by atoms with Crippen molar-refractivity contribution in [3.63, 3.8) is 0 Å². The molecular weight excluding hydrogens is 422 g/mol. The Morgan fingerprint density at radius 3 is 2.55 bits per heavy atom. The van der Waals surface area contributed by atoms with Crippen LogP contribution in [0.15, 0.2) is 18.2 Å². The fourth-order valence-corrected chi connectivity index (χ4v) is 4.16. The number of methoxy groups -OCH3 is 1. The Morgan fingerprint density at radius 1 is 1.29 bits per heavy atom. The summed E-state index contributed by atoms with van der Waals surface area (Å²) in [4.78, 5) is 29.1. The maximum atomic E-state index is 13.2. The molecule has 31 heavy (non-hydrogen) atoms. The van der Waals surface area contributed by atoms with Crippen molar-refractivity contribution in [1.82, 2.24) is 9.80 Å². The SMILES string of the molecule is CCC(=O)N1C[C@@H](C)[C@H](OC)CN(C)C(=O)c2cc(NS(C)(=O)=O)ccc2OC[C@H]1C. The number of hydrogen-bond acceptors (Lipinski definition) is 6. The predicted octanol–water partition coefficient (Wildman–Crippen LogP) is 1.80. The van der Waals surface area contributed by atoms with Crippen molar-refractivity contribution in [2.75, 3.05) is 44.8 Å². The number of fused-ring (bicyclic) bond motifs is 1. The average Bonchev–Trinajstić information content (AvgIpc) is 2.71. The van der Waals surface area contributed by atoms with Gasteiger partial charge in [0, 0.05) is 45.3 Å². The smallest absolute Gasteiger partial charge is 0.257 e. The van der Waals surface area contributed by atoms with E-state index in [0.717, 1.165) is 6.26 Å². The fourth-order valence-electron chi connectivity index (χ4n) is 3.60. The summed E-state index contributed by atoms with van der Waals surface area (Å²) >= 11 is 0. The molecule has 0 spiro atoms. The van der Waals surface area contributed by atoms with E-state index < -0.39 is 10.0 Å². The number of likely N-dealkylation sites (N-methyl/N-ethyl adjacent to an activating group) is 1. The minimum absolute atomic E-state index is 0.0182. The lowest BCUT2D eigenvalue weighted by molar-refractivity contribution is -0.135. The lowest BCUT2D eigenvalue weighted by atomic mass is 10.0. The highest BCUT2D eigenvalue weighted by atomic mass is 32.2. The second-order valence-electron chi connectivity index (χ2n) is 8.08. The van der Waals surface area contributed by atoms with Crippen LogP contribution in [0.25, 0.3) is 0 Å². The molecule has 1 aliphatic rings. The lowest BCUT2D eigenvalue weighted by Crippen LogP contribution is -2.48. The summed E-state index contributed by atoms with van der Waals surface area (Å²) in [6.45, 7) is 6.70. The van der Waals surface area contributed by atoms with Crippen molar-refractivity contribution >= 4 is 27.5 Å². The molecule has 1 aliphatic heterocycles. The van der Waals surface area contributed by atoms with Crippen LogP contribution < -0.4 is 9.46 Å². The minimum Gasteiger partial charge on any atom is -0.491 e. The van der Waals surface area contributed by atoms with Crippen LogP contribution >= 0.6 is 0 Å². The summed E-state index contributed by atoms with van der Waals surface area (Å²) in [5, 5.41) is 0. The van der Waals surface area contributed by atoms with Crippen molar-refractivity contribution in [2.24, 2.45) is 5.92 Å². The van der Waals surface area contributed by atoms with Crippen molar-refractivity contribution < 1.29 is 27.5 Å². The zero-order valence-electron chi connectivity index (χ0n) is 19.0. The Hall–Kier alpha value is -2.33. The topological polar surface area (TPSA) is 105 Å². The highest BCUT2D eigenvalue weighted by Gasteiger charge is 2.30. The number of anilines is 1. The van der Waals surface area contributed by atoms with Gasteiger partial charge in [-0.05, 0) is 25.1 Å². The molecule has 174 valence electrons. The van der Waals surface area contributed by atoms with Gasteiger partial charge in [0.05, 0.1) is 24.0 Å². The Morgan fingerprint density at radius 2 is 1.97 bits per heavy atom. The van der Waals surface area contributed by atoms with Crippen LogP contribution in [0, 0.1) is 5.92 Å². The van der Waals surface area contributed by atoms with E-state index in [4.69, 9.17) is 9.47 Å². The highest BCUT2D eigenvalue weighted by molar-refractivity contribution is 7.92. The first-order valence-corrected chi connectivity index (χ1v) is 12.2. The van der Waals surface area contributed by atoms with Gasteiger partial charge in [0.1, 0.15) is 12.4 Å². The van der Waals surface area contributed by atoms with Crippen molar-refractivity contribution in [3.8, 4) is 5.75 Å². The Balaban J connectivity index is 2.48. The third-order valence-electron chi connectivity index (χ3n) is 5.37. The van der Waals surface area contributed by atoms with Gasteiger partial charge < -0.3 is 19.3 Å². The van der Waals surface area contributed by atoms with Crippen molar-refractivity contribution in [3.05, 3.63) is 23.8 Å². The van der Waals surface area contributed by atoms with Crippen LogP contribution in [0.3, 0.4) is 0 Å². The molecule has 0 radical (unpaired) electrons. The van der Waals surface area contributed by atoms with Crippen LogP contribution in [0.4, 0.5) is 5.69 Å². The van der Waals surface area contributed by atoms with Gasteiger partial charge in [-0.25, -0.2) is 8.42 Å². The molecule has 1 heterocycles. The van der Waals surface area contributed by atoms with Gasteiger partial charge in [-0.3, -0.25) is 14.3 Å². The predicted molar refractivity (Wildman–Crippen MR) is 119 cm³/mol. The van der Waals surface area contributed by atoms with Gasteiger partial charge in [-0.15, -0.1) is 0 Å². The average molecular weight is 456 g/mol. The summed E-state index contributed by atoms with van der Waals surface area (Å²) in [7, 11) is -0.256. The lowest BCUT2D eigenvalue weighted by Gasteiger charge is -2.36. The molecule has 1 aromatic rings. The molecular formula is C21H33N3O6S. The van der Waals surface area contributed by atoms with Gasteiger partial charge in [0.25, 0.3) is 5.91 Å². The molecule has 9 nitrogen and oxygen atoms in total. The van der Waals surface area contributed by atoms with E-state index in [9.17, 15) is 18.0 Å². The molecule has 1 aromatic carbocycles. The van der Waals surface area contributed by atoms with Gasteiger partial charge in [0.2, 0.25) is 15.9 Å². The Bertz CT molecular complexity index is 904. The largest absolute Gasteiger partial charge is 0.491 e. The second kappa shape index (κ2) is 10.3. The first-order chi connectivity index (χ1) is 14.5. The zero-order chi connectivity index (χ0) is 23.3. The molecule has 1 N–H and O–H groups in total. The van der Waals surface area contributed by atoms with E-state index >= 15 is 0 Å². The van der Waals surface area contributed by atoms with E-state index in [0.29, 0.717) is 25.3 Å².